The molecule has 0 aromatic heterocycles. The number of quaternary nitrogens is 2. The maximum atomic E-state index is 7.85. The summed E-state index contributed by atoms with van der Waals surface area (Å²) in [4.78, 5) is 0. The van der Waals surface area contributed by atoms with Gasteiger partial charge in [-0.2, -0.15) is 0 Å². The van der Waals surface area contributed by atoms with Gasteiger partial charge in [-0.15, -0.1) is 0 Å². The summed E-state index contributed by atoms with van der Waals surface area (Å²) >= 11 is 0.0139. The molecule has 0 unspecified atom stereocenters. The van der Waals surface area contributed by atoms with E-state index in [0.717, 1.165) is 0 Å². The summed E-state index contributed by atoms with van der Waals surface area (Å²) in [6, 6.07) is 0. The SMILES string of the molecule is O.[Cl][Mn][Cl].[Cl][Mn][Cl].[Mn].[NH3+]CC(O)O.[NH3+]CC(O)O.[OH3+].[OH3+].[OH3+].[OH3+]. The third-order valence-corrected chi connectivity index (χ3v) is 0.516. The second-order valence-electron chi connectivity index (χ2n) is 1.65. The van der Waals surface area contributed by atoms with Crippen LogP contribution >= 0.6 is 40.4 Å². The molecule has 0 bridgehead atoms. The van der Waals surface area contributed by atoms with E-state index in [4.69, 9.17) is 60.8 Å². The van der Waals surface area contributed by atoms with E-state index in [1.807, 2.05) is 0 Å². The molecular weight excluding hydrogens is 527 g/mol. The summed E-state index contributed by atoms with van der Waals surface area (Å²) in [5.74, 6) is 0. The van der Waals surface area contributed by atoms with Crippen molar-refractivity contribution in [3.05, 3.63) is 0 Å². The van der Waals surface area contributed by atoms with E-state index in [-0.39, 0.29) is 83.8 Å². The molecule has 0 aromatic carbocycles. The molecule has 0 rings (SSSR count). The van der Waals surface area contributed by atoms with Gasteiger partial charge in [-0.3, -0.25) is 0 Å². The normalized spacial score (nSPS) is 6.00. The Bertz CT molecular complexity index is 99.3. The van der Waals surface area contributed by atoms with Gasteiger partial charge in [-0.1, -0.05) is 0 Å². The largest absolute Gasteiger partial charge is 0.457 e. The Hall–Kier alpha value is 2.28. The van der Waals surface area contributed by atoms with Crippen LogP contribution in [0.3, 0.4) is 0 Å². The van der Waals surface area contributed by atoms with Crippen molar-refractivity contribution in [1.29, 1.82) is 0 Å². The maximum absolute atomic E-state index is 7.85. The maximum Gasteiger partial charge on any atom is 0.202 e. The molecule has 24 N–H and O–H groups in total. The van der Waals surface area contributed by atoms with Crippen molar-refractivity contribution in [3.63, 3.8) is 0 Å². The number of rotatable bonds is 2. The predicted octanol–water partition coefficient (Wildman–Crippen LogP) is -6.68. The first-order valence-corrected chi connectivity index (χ1v) is 9.92. The van der Waals surface area contributed by atoms with Crippen LogP contribution in [0.5, 0.6) is 0 Å². The van der Waals surface area contributed by atoms with E-state index in [1.54, 1.807) is 0 Å². The molecule has 0 amide bonds. The smallest absolute Gasteiger partial charge is 0.202 e. The van der Waals surface area contributed by atoms with Gasteiger partial charge in [0.15, 0.2) is 0 Å². The number of aliphatic hydroxyl groups is 4. The second kappa shape index (κ2) is 76.6. The zero-order chi connectivity index (χ0) is 14.0. The van der Waals surface area contributed by atoms with Crippen LogP contribution in [0.15, 0.2) is 0 Å². The van der Waals surface area contributed by atoms with Crippen molar-refractivity contribution >= 4 is 40.4 Å². The topological polar surface area (TPSA) is 300 Å². The summed E-state index contributed by atoms with van der Waals surface area (Å²) in [5, 5.41) is 31.4. The van der Waals surface area contributed by atoms with Gasteiger partial charge in [0.2, 0.25) is 12.6 Å². The molecule has 0 aliphatic carbocycles. The van der Waals surface area contributed by atoms with Gasteiger partial charge in [0.25, 0.3) is 0 Å². The Labute approximate surface area is 167 Å². The zero-order valence-electron chi connectivity index (χ0n) is 11.2. The summed E-state index contributed by atoms with van der Waals surface area (Å²) < 4.78 is 0. The fraction of sp³-hybridized carbons (Fsp3) is 1.00. The van der Waals surface area contributed by atoms with Crippen molar-refractivity contribution in [1.82, 2.24) is 0 Å². The minimum atomic E-state index is -1.23. The molecule has 0 atom stereocenters. The van der Waals surface area contributed by atoms with Crippen LogP contribution in [0.1, 0.15) is 0 Å². The van der Waals surface area contributed by atoms with Crippen LogP contribution in [0.2, 0.25) is 0 Å². The number of hydrogen-bond donors (Lipinski definition) is 6. The number of halogens is 4. The Balaban J connectivity index is -0.0000000102. The van der Waals surface area contributed by atoms with E-state index in [1.165, 1.54) is 0 Å². The van der Waals surface area contributed by atoms with Gasteiger partial charge in [0.05, 0.1) is 0 Å². The minimum absolute atomic E-state index is 0. The average Bonchev–Trinajstić information content (AvgIpc) is 2.21. The van der Waals surface area contributed by atoms with Crippen LogP contribution in [-0.4, -0.2) is 51.6 Å². The number of hydrogen-bond acceptors (Lipinski definition) is 4. The van der Waals surface area contributed by atoms with E-state index in [9.17, 15) is 0 Å². The van der Waals surface area contributed by atoms with Crippen LogP contribution in [0, 0.1) is 0 Å². The van der Waals surface area contributed by atoms with Gasteiger partial charge >= 0.3 is 66.7 Å². The van der Waals surface area contributed by atoms with Crippen LogP contribution in [0.25, 0.3) is 0 Å². The number of aliphatic hydroxyl groups excluding tert-OH is 2. The van der Waals surface area contributed by atoms with Crippen molar-refractivity contribution < 1.29 is 103 Å². The molecule has 0 aliphatic heterocycles. The molecule has 18 heteroatoms. The van der Waals surface area contributed by atoms with E-state index in [0.29, 0.717) is 0 Å². The molecule has 0 saturated carbocycles. The minimum Gasteiger partial charge on any atom is -0.457 e. The molecule has 0 saturated heterocycles. The summed E-state index contributed by atoms with van der Waals surface area (Å²) in [5.41, 5.74) is 6.37. The van der Waals surface area contributed by atoms with E-state index in [2.05, 4.69) is 11.5 Å². The van der Waals surface area contributed by atoms with Crippen molar-refractivity contribution in [2.24, 2.45) is 0 Å². The van der Waals surface area contributed by atoms with Crippen molar-refractivity contribution in [3.8, 4) is 0 Å². The average molecular weight is 557 g/mol. The third kappa shape index (κ3) is 256. The Morgan fingerprint density at radius 2 is 0.727 bits per heavy atom. The molecule has 0 heterocycles. The Kier molecular flexibility index (Phi) is 225. The molecule has 22 heavy (non-hydrogen) atoms. The predicted molar refractivity (Wildman–Crippen MR) is 78.5 cm³/mol. The Morgan fingerprint density at radius 1 is 0.682 bits per heavy atom. The fourth-order valence-corrected chi connectivity index (χ4v) is 0. The standard InChI is InChI=1S/2C2H7NO2.4ClH.3Mn.5H2O/c2*3-1-2(4)5;;;;;;;;;;;;/h2*2,4-5H,1,3H2;4*1H;;;;5*1H2/q;;;;;;;2*+2;;;;;/p+2. The first-order valence-electron chi connectivity index (χ1n) is 3.42. The van der Waals surface area contributed by atoms with E-state index >= 15 is 0 Å². The quantitative estimate of drug-likeness (QED) is 0.110. The fourth-order valence-electron chi connectivity index (χ4n) is 0. The van der Waals surface area contributed by atoms with Crippen LogP contribution < -0.4 is 11.5 Å². The molecule has 0 fully saturated rings. The third-order valence-electron chi connectivity index (χ3n) is 0.516. The molecule has 0 aromatic rings. The molecule has 1 radical (unpaired) electrons. The van der Waals surface area contributed by atoms with Crippen molar-refractivity contribution in [2.75, 3.05) is 13.1 Å². The van der Waals surface area contributed by atoms with Gasteiger partial charge in [0.1, 0.15) is 13.1 Å². The van der Waals surface area contributed by atoms with Crippen molar-refractivity contribution in [2.45, 2.75) is 12.6 Å². The molecular formula is C4H30Cl4Mn3N2O9+6. The van der Waals surface area contributed by atoms with Crippen LogP contribution in [-0.2, 0) is 65.2 Å². The van der Waals surface area contributed by atoms with Gasteiger partial charge in [0, 0.05) is 17.1 Å². The van der Waals surface area contributed by atoms with Gasteiger partial charge in [-0.05, 0) is 0 Å². The Morgan fingerprint density at radius 3 is 0.727 bits per heavy atom. The van der Waals surface area contributed by atoms with Gasteiger partial charge in [-0.25, -0.2) is 0 Å². The summed E-state index contributed by atoms with van der Waals surface area (Å²) in [6.45, 7) is 0.333. The van der Waals surface area contributed by atoms with E-state index < -0.39 is 12.6 Å². The van der Waals surface area contributed by atoms with Crippen LogP contribution in [0.4, 0.5) is 0 Å². The molecule has 11 nitrogen and oxygen atoms in total. The zero-order valence-corrected chi connectivity index (χ0v) is 17.8. The molecule has 0 aliphatic rings. The molecule has 0 spiro atoms. The summed E-state index contributed by atoms with van der Waals surface area (Å²) in [7, 11) is 19.2. The van der Waals surface area contributed by atoms with Gasteiger partial charge < -0.3 is 59.3 Å². The summed E-state index contributed by atoms with van der Waals surface area (Å²) in [6.07, 6.45) is -2.45. The first-order chi connectivity index (χ1) is 7.37. The molecule has 153 valence electrons. The second-order valence-corrected chi connectivity index (χ2v) is 5.55. The first kappa shape index (κ1) is 64.5. The monoisotopic (exact) mass is 555 g/mol.